The molecule has 0 aromatic carbocycles. The summed E-state index contributed by atoms with van der Waals surface area (Å²) in [6.45, 7) is 0. The maximum atomic E-state index is 12.3. The van der Waals surface area contributed by atoms with Crippen LogP contribution in [0.1, 0.15) is 32.1 Å². The van der Waals surface area contributed by atoms with Crippen molar-refractivity contribution in [1.29, 1.82) is 0 Å². The van der Waals surface area contributed by atoms with Crippen LogP contribution in [0.4, 0.5) is 13.2 Å². The number of carbonyl (C=O) groups excluding carboxylic acids is 1. The molecule has 5 atom stereocenters. The van der Waals surface area contributed by atoms with E-state index in [1.807, 2.05) is 0 Å². The van der Waals surface area contributed by atoms with Crippen molar-refractivity contribution in [2.24, 2.45) is 17.8 Å². The fourth-order valence-electron chi connectivity index (χ4n) is 4.28. The molecule has 4 aliphatic carbocycles. The maximum absolute atomic E-state index is 12.3. The van der Waals surface area contributed by atoms with E-state index in [1.54, 1.807) is 0 Å². The molecule has 4 saturated carbocycles. The first kappa shape index (κ1) is 12.6. The van der Waals surface area contributed by atoms with Crippen LogP contribution in [0.3, 0.4) is 0 Å². The lowest BCUT2D eigenvalue weighted by Gasteiger charge is -2.57. The maximum Gasteiger partial charge on any atom is 0.490 e. The highest BCUT2D eigenvalue weighted by atomic mass is 35.5. The van der Waals surface area contributed by atoms with Crippen LogP contribution in [0.5, 0.6) is 0 Å². The third-order valence-corrected chi connectivity index (χ3v) is 5.12. The molecule has 0 saturated heterocycles. The van der Waals surface area contributed by atoms with Crippen LogP contribution in [0.25, 0.3) is 0 Å². The first-order chi connectivity index (χ1) is 8.28. The van der Waals surface area contributed by atoms with Gasteiger partial charge >= 0.3 is 12.1 Å². The van der Waals surface area contributed by atoms with Gasteiger partial charge in [-0.25, -0.2) is 4.79 Å². The average molecular weight is 283 g/mol. The van der Waals surface area contributed by atoms with Crippen LogP contribution >= 0.6 is 11.6 Å². The Hall–Kier alpha value is -0.450. The summed E-state index contributed by atoms with van der Waals surface area (Å²) in [5, 5.41) is 0. The quantitative estimate of drug-likeness (QED) is 0.545. The average Bonchev–Trinajstić information content (AvgIpc) is 2.20. The van der Waals surface area contributed by atoms with E-state index in [1.165, 1.54) is 0 Å². The molecule has 4 bridgehead atoms. The van der Waals surface area contributed by atoms with E-state index in [4.69, 9.17) is 16.3 Å². The number of ether oxygens (including phenoxy) is 1. The lowest BCUT2D eigenvalue weighted by atomic mass is 9.54. The summed E-state index contributed by atoms with van der Waals surface area (Å²) in [4.78, 5) is 10.2. The number of hydrogen-bond donors (Lipinski definition) is 0. The Balaban J connectivity index is 1.78. The molecule has 6 heteroatoms. The minimum atomic E-state index is -4.93. The summed E-state index contributed by atoms with van der Waals surface area (Å²) in [5.41, 5.74) is 0. The summed E-state index contributed by atoms with van der Waals surface area (Å²) in [6.07, 6.45) is -1.51. The van der Waals surface area contributed by atoms with Crippen LogP contribution in [-0.2, 0) is 9.53 Å². The molecule has 0 amide bonds. The molecule has 0 spiro atoms. The molecule has 4 aliphatic rings. The largest absolute Gasteiger partial charge is 0.490 e. The van der Waals surface area contributed by atoms with E-state index in [2.05, 4.69) is 0 Å². The second kappa shape index (κ2) is 3.78. The first-order valence-corrected chi connectivity index (χ1v) is 6.62. The van der Waals surface area contributed by atoms with Gasteiger partial charge in [-0.3, -0.25) is 0 Å². The molecule has 0 N–H and O–H groups in total. The second-order valence-electron chi connectivity index (χ2n) is 5.97. The fraction of sp³-hybridized carbons (Fsp3) is 0.917. The van der Waals surface area contributed by atoms with Gasteiger partial charge in [-0.2, -0.15) is 13.2 Å². The van der Waals surface area contributed by atoms with Gasteiger partial charge in [-0.15, -0.1) is 11.6 Å². The zero-order chi connectivity index (χ0) is 13.1. The summed E-state index contributed by atoms with van der Waals surface area (Å²) < 4.78 is 41.5. The Bertz CT molecular complexity index is 368. The van der Waals surface area contributed by atoms with E-state index in [9.17, 15) is 18.0 Å². The normalized spacial score (nSPS) is 46.2. The van der Waals surface area contributed by atoms with Gasteiger partial charge in [0, 0.05) is 0 Å². The molecule has 4 fully saturated rings. The summed E-state index contributed by atoms with van der Waals surface area (Å²) >= 11 is 6.45. The van der Waals surface area contributed by atoms with Gasteiger partial charge in [0.15, 0.2) is 0 Å². The van der Waals surface area contributed by atoms with E-state index in [-0.39, 0.29) is 5.92 Å². The Morgan fingerprint density at radius 3 is 2.17 bits per heavy atom. The van der Waals surface area contributed by atoms with Crippen LogP contribution in [0, 0.1) is 17.8 Å². The number of halogens is 4. The van der Waals surface area contributed by atoms with Crippen LogP contribution in [0.15, 0.2) is 0 Å². The highest BCUT2D eigenvalue weighted by Gasteiger charge is 2.59. The number of carbonyl (C=O) groups is 1. The number of rotatable bonds is 1. The van der Waals surface area contributed by atoms with E-state index < -0.39 is 23.1 Å². The van der Waals surface area contributed by atoms with E-state index in [0.717, 1.165) is 19.3 Å². The Labute approximate surface area is 108 Å². The minimum Gasteiger partial charge on any atom is -0.454 e. The smallest absolute Gasteiger partial charge is 0.454 e. The van der Waals surface area contributed by atoms with E-state index >= 15 is 0 Å². The summed E-state index contributed by atoms with van der Waals surface area (Å²) in [7, 11) is 0. The Morgan fingerprint density at radius 2 is 1.72 bits per heavy atom. The predicted molar refractivity (Wildman–Crippen MR) is 58.1 cm³/mol. The fourth-order valence-corrected chi connectivity index (χ4v) is 4.94. The molecular weight excluding hydrogens is 269 g/mol. The Kier molecular flexibility index (Phi) is 2.64. The molecule has 0 heterocycles. The lowest BCUT2D eigenvalue weighted by Crippen LogP contribution is -2.59. The van der Waals surface area contributed by atoms with Gasteiger partial charge in [0.2, 0.25) is 0 Å². The number of hydrogen-bond acceptors (Lipinski definition) is 2. The standard InChI is InChI=1S/C12H14ClF3O2/c13-11-4-6-1-7(5-11)3-8(2-6)9(11)18-10(17)12(14,15)16/h6-9H,1-5H2/t6-,7+,8?,9?,11?. The van der Waals surface area contributed by atoms with Gasteiger partial charge in [0.05, 0.1) is 4.87 Å². The zero-order valence-corrected chi connectivity index (χ0v) is 10.4. The molecule has 0 radical (unpaired) electrons. The van der Waals surface area contributed by atoms with Gasteiger partial charge in [-0.1, -0.05) is 0 Å². The predicted octanol–water partition coefficient (Wildman–Crippen LogP) is 3.28. The third kappa shape index (κ3) is 1.91. The van der Waals surface area contributed by atoms with Crippen molar-refractivity contribution in [3.05, 3.63) is 0 Å². The first-order valence-electron chi connectivity index (χ1n) is 6.24. The third-order valence-electron chi connectivity index (χ3n) is 4.60. The molecule has 4 rings (SSSR count). The van der Waals surface area contributed by atoms with Crippen molar-refractivity contribution in [1.82, 2.24) is 0 Å². The second-order valence-corrected chi connectivity index (χ2v) is 6.72. The number of alkyl halides is 4. The highest BCUT2D eigenvalue weighted by Crippen LogP contribution is 2.59. The van der Waals surface area contributed by atoms with Crippen LogP contribution in [0.2, 0.25) is 0 Å². The van der Waals surface area contributed by atoms with Crippen LogP contribution in [-0.4, -0.2) is 23.1 Å². The molecule has 2 nitrogen and oxygen atoms in total. The molecule has 3 unspecified atom stereocenters. The van der Waals surface area contributed by atoms with Crippen molar-refractivity contribution < 1.29 is 22.7 Å². The Morgan fingerprint density at radius 1 is 1.17 bits per heavy atom. The lowest BCUT2D eigenvalue weighted by molar-refractivity contribution is -0.216. The SMILES string of the molecule is O=C(OC1C2C[C@@H]3C[C@H](C2)CC1(Cl)C3)C(F)(F)F. The highest BCUT2D eigenvalue weighted by molar-refractivity contribution is 6.24. The monoisotopic (exact) mass is 282 g/mol. The zero-order valence-electron chi connectivity index (χ0n) is 9.67. The molecule has 18 heavy (non-hydrogen) atoms. The molecule has 0 aromatic rings. The molecule has 102 valence electrons. The van der Waals surface area contributed by atoms with Crippen molar-refractivity contribution >= 4 is 17.6 Å². The van der Waals surface area contributed by atoms with Crippen molar-refractivity contribution in [2.45, 2.75) is 49.3 Å². The van der Waals surface area contributed by atoms with Gasteiger partial charge in [-0.05, 0) is 49.9 Å². The van der Waals surface area contributed by atoms with Crippen molar-refractivity contribution in [3.8, 4) is 0 Å². The summed E-state index contributed by atoms with van der Waals surface area (Å²) in [5.74, 6) is -1.08. The van der Waals surface area contributed by atoms with Gasteiger partial charge in [0.1, 0.15) is 6.10 Å². The van der Waals surface area contributed by atoms with Gasteiger partial charge in [0.25, 0.3) is 0 Å². The molecule has 0 aromatic heterocycles. The van der Waals surface area contributed by atoms with Crippen molar-refractivity contribution in [3.63, 3.8) is 0 Å². The minimum absolute atomic E-state index is 0.0139. The topological polar surface area (TPSA) is 26.3 Å². The summed E-state index contributed by atoms with van der Waals surface area (Å²) in [6, 6.07) is 0. The molecular formula is C12H14ClF3O2. The molecule has 0 aliphatic heterocycles. The van der Waals surface area contributed by atoms with Gasteiger partial charge < -0.3 is 4.74 Å². The van der Waals surface area contributed by atoms with Crippen molar-refractivity contribution in [2.75, 3.05) is 0 Å². The van der Waals surface area contributed by atoms with E-state index in [0.29, 0.717) is 24.7 Å². The number of esters is 1. The van der Waals surface area contributed by atoms with Crippen LogP contribution < -0.4 is 0 Å².